The highest BCUT2D eigenvalue weighted by molar-refractivity contribution is 6.27. The minimum atomic E-state index is -1.82. The molecular weight excluding hydrogens is 322 g/mol. The summed E-state index contributed by atoms with van der Waals surface area (Å²) in [6.07, 6.45) is 3.58. The van der Waals surface area contributed by atoms with Crippen LogP contribution in [0.15, 0.2) is 18.2 Å². The molecule has 0 fully saturated rings. The first kappa shape index (κ1) is 22.9. The summed E-state index contributed by atoms with van der Waals surface area (Å²) in [4.78, 5) is 18.2. The molecule has 0 aromatic heterocycles. The lowest BCUT2D eigenvalue weighted by Crippen LogP contribution is -2.18. The Kier molecular flexibility index (Phi) is 12.1. The molecule has 0 heterocycles. The molecule has 0 radical (unpaired) electrons. The van der Waals surface area contributed by atoms with Crippen LogP contribution in [0.1, 0.15) is 57.1 Å². The molecule has 0 unspecified atom stereocenters. The molecule has 3 N–H and O–H groups in total. The molecule has 0 spiro atoms. The second kappa shape index (κ2) is 13.2. The average Bonchev–Trinajstić information content (AvgIpc) is 2.54. The van der Waals surface area contributed by atoms with Gasteiger partial charge in [0.25, 0.3) is 0 Å². The van der Waals surface area contributed by atoms with Crippen LogP contribution >= 0.6 is 0 Å². The smallest absolute Gasteiger partial charge is 0.414 e. The van der Waals surface area contributed by atoms with Crippen LogP contribution in [0.5, 0.6) is 5.75 Å². The molecule has 142 valence electrons. The maximum absolute atomic E-state index is 9.10. The van der Waals surface area contributed by atoms with E-state index >= 15 is 0 Å². The summed E-state index contributed by atoms with van der Waals surface area (Å²) in [6, 6.07) is 6.53. The number of carbonyl (C=O) groups is 2. The summed E-state index contributed by atoms with van der Waals surface area (Å²) in [5.41, 5.74) is 2.64. The van der Waals surface area contributed by atoms with E-state index in [1.807, 2.05) is 0 Å². The van der Waals surface area contributed by atoms with Crippen molar-refractivity contribution in [1.82, 2.24) is 5.32 Å². The van der Waals surface area contributed by atoms with Gasteiger partial charge in [0.1, 0.15) is 5.75 Å². The molecular formula is C19H31NO5. The largest absolute Gasteiger partial charge is 0.494 e. The molecule has 0 aliphatic carbocycles. The Labute approximate surface area is 150 Å². The summed E-state index contributed by atoms with van der Waals surface area (Å²) >= 11 is 0. The van der Waals surface area contributed by atoms with E-state index in [0.717, 1.165) is 31.9 Å². The van der Waals surface area contributed by atoms with E-state index in [1.165, 1.54) is 24.0 Å². The van der Waals surface area contributed by atoms with Crippen molar-refractivity contribution in [1.29, 1.82) is 0 Å². The highest BCUT2D eigenvalue weighted by Gasteiger charge is 2.04. The van der Waals surface area contributed by atoms with Gasteiger partial charge in [-0.15, -0.1) is 0 Å². The molecule has 1 aromatic rings. The number of benzene rings is 1. The van der Waals surface area contributed by atoms with Crippen LogP contribution in [-0.4, -0.2) is 41.8 Å². The predicted octanol–water partition coefficient (Wildman–Crippen LogP) is 3.43. The lowest BCUT2D eigenvalue weighted by Gasteiger charge is -2.12. The highest BCUT2D eigenvalue weighted by atomic mass is 16.5. The Morgan fingerprint density at radius 1 is 1.08 bits per heavy atom. The van der Waals surface area contributed by atoms with Gasteiger partial charge in [0.15, 0.2) is 0 Å². The van der Waals surface area contributed by atoms with Crippen LogP contribution in [0, 0.1) is 6.92 Å². The van der Waals surface area contributed by atoms with Gasteiger partial charge in [0.05, 0.1) is 6.61 Å². The number of carboxylic acid groups (broad SMARTS) is 2. The number of unbranched alkanes of at least 4 members (excludes halogenated alkanes) is 1. The van der Waals surface area contributed by atoms with Crippen molar-refractivity contribution in [2.24, 2.45) is 0 Å². The van der Waals surface area contributed by atoms with Gasteiger partial charge < -0.3 is 20.3 Å². The number of ether oxygens (including phenoxy) is 1. The third-order valence-corrected chi connectivity index (χ3v) is 3.40. The Hall–Kier alpha value is -2.08. The van der Waals surface area contributed by atoms with Gasteiger partial charge in [0, 0.05) is 0 Å². The third-order valence-electron chi connectivity index (χ3n) is 3.40. The molecule has 0 bridgehead atoms. The van der Waals surface area contributed by atoms with Crippen molar-refractivity contribution in [3.63, 3.8) is 0 Å². The zero-order chi connectivity index (χ0) is 19.2. The number of hydrogen-bond donors (Lipinski definition) is 3. The van der Waals surface area contributed by atoms with Crippen molar-refractivity contribution >= 4 is 11.9 Å². The minimum absolute atomic E-state index is 0.554. The Bertz CT molecular complexity index is 517. The number of aliphatic carboxylic acids is 2. The summed E-state index contributed by atoms with van der Waals surface area (Å²) in [5, 5.41) is 18.2. The standard InChI is InChI=1S/C17H29NO.C2H2O4/c1-5-6-8-18-9-7-10-19-17-12-15(4)11-16(13-17)14(2)3;3-1(4)2(5)6/h11-14,18H,5-10H2,1-4H3;(H,3,4)(H,5,6). The van der Waals surface area contributed by atoms with Crippen molar-refractivity contribution in [2.75, 3.05) is 19.7 Å². The monoisotopic (exact) mass is 353 g/mol. The zero-order valence-electron chi connectivity index (χ0n) is 15.7. The first-order chi connectivity index (χ1) is 11.8. The fraction of sp³-hybridized carbons (Fsp3) is 0.579. The average molecular weight is 353 g/mol. The lowest BCUT2D eigenvalue weighted by atomic mass is 10.0. The van der Waals surface area contributed by atoms with E-state index in [4.69, 9.17) is 24.5 Å². The molecule has 6 nitrogen and oxygen atoms in total. The van der Waals surface area contributed by atoms with Crippen LogP contribution in [-0.2, 0) is 9.59 Å². The topological polar surface area (TPSA) is 95.9 Å². The van der Waals surface area contributed by atoms with Crippen LogP contribution in [0.3, 0.4) is 0 Å². The number of rotatable bonds is 9. The minimum Gasteiger partial charge on any atom is -0.494 e. The van der Waals surface area contributed by atoms with Crippen LogP contribution in [0.25, 0.3) is 0 Å². The van der Waals surface area contributed by atoms with Crippen molar-refractivity contribution < 1.29 is 24.5 Å². The molecule has 0 aliphatic rings. The lowest BCUT2D eigenvalue weighted by molar-refractivity contribution is -0.159. The van der Waals surface area contributed by atoms with E-state index in [-0.39, 0.29) is 0 Å². The Morgan fingerprint density at radius 2 is 1.68 bits per heavy atom. The van der Waals surface area contributed by atoms with Gasteiger partial charge in [-0.05, 0) is 62.0 Å². The quantitative estimate of drug-likeness (QED) is 0.465. The second-order valence-electron chi connectivity index (χ2n) is 6.15. The molecule has 6 heteroatoms. The Balaban J connectivity index is 0.000000823. The molecule has 0 atom stereocenters. The van der Waals surface area contributed by atoms with Crippen molar-refractivity contribution in [2.45, 2.75) is 52.9 Å². The number of nitrogens with one attached hydrogen (secondary N) is 1. The van der Waals surface area contributed by atoms with Crippen LogP contribution in [0.2, 0.25) is 0 Å². The number of hydrogen-bond acceptors (Lipinski definition) is 4. The first-order valence-corrected chi connectivity index (χ1v) is 8.69. The van der Waals surface area contributed by atoms with Crippen LogP contribution < -0.4 is 10.1 Å². The molecule has 0 saturated carbocycles. The van der Waals surface area contributed by atoms with E-state index in [1.54, 1.807) is 0 Å². The molecule has 0 saturated heterocycles. The maximum Gasteiger partial charge on any atom is 0.414 e. The van der Waals surface area contributed by atoms with Gasteiger partial charge in [-0.2, -0.15) is 0 Å². The zero-order valence-corrected chi connectivity index (χ0v) is 15.7. The summed E-state index contributed by atoms with van der Waals surface area (Å²) < 4.78 is 5.84. The van der Waals surface area contributed by atoms with E-state index in [0.29, 0.717) is 5.92 Å². The van der Waals surface area contributed by atoms with Crippen LogP contribution in [0.4, 0.5) is 0 Å². The SMILES string of the molecule is CCCCNCCCOc1cc(C)cc(C(C)C)c1.O=C(O)C(=O)O. The molecule has 0 amide bonds. The molecule has 25 heavy (non-hydrogen) atoms. The third kappa shape index (κ3) is 12.0. The van der Waals surface area contributed by atoms with Crippen molar-refractivity contribution in [3.8, 4) is 5.75 Å². The first-order valence-electron chi connectivity index (χ1n) is 8.69. The second-order valence-corrected chi connectivity index (χ2v) is 6.15. The summed E-state index contributed by atoms with van der Waals surface area (Å²) in [5.74, 6) is -2.08. The van der Waals surface area contributed by atoms with E-state index in [9.17, 15) is 0 Å². The number of carboxylic acids is 2. The van der Waals surface area contributed by atoms with Crippen molar-refractivity contribution in [3.05, 3.63) is 29.3 Å². The van der Waals surface area contributed by atoms with Gasteiger partial charge in [-0.3, -0.25) is 0 Å². The van der Waals surface area contributed by atoms with Gasteiger partial charge >= 0.3 is 11.9 Å². The number of aryl methyl sites for hydroxylation is 1. The Morgan fingerprint density at radius 3 is 2.20 bits per heavy atom. The summed E-state index contributed by atoms with van der Waals surface area (Å²) in [6.45, 7) is 11.7. The van der Waals surface area contributed by atoms with Gasteiger partial charge in [-0.1, -0.05) is 33.3 Å². The predicted molar refractivity (Wildman–Crippen MR) is 98.4 cm³/mol. The highest BCUT2D eigenvalue weighted by Crippen LogP contribution is 2.22. The maximum atomic E-state index is 9.10. The van der Waals surface area contributed by atoms with Gasteiger partial charge in [-0.25, -0.2) is 9.59 Å². The molecule has 1 aromatic carbocycles. The normalized spacial score (nSPS) is 10.1. The molecule has 1 rings (SSSR count). The van der Waals surface area contributed by atoms with Gasteiger partial charge in [0.2, 0.25) is 0 Å². The van der Waals surface area contributed by atoms with E-state index < -0.39 is 11.9 Å². The van der Waals surface area contributed by atoms with E-state index in [2.05, 4.69) is 51.2 Å². The summed E-state index contributed by atoms with van der Waals surface area (Å²) in [7, 11) is 0. The molecule has 0 aliphatic heterocycles. The fourth-order valence-corrected chi connectivity index (χ4v) is 2.01. The fourth-order valence-electron chi connectivity index (χ4n) is 2.01.